The van der Waals surface area contributed by atoms with Gasteiger partial charge in [0, 0.05) is 44.7 Å². The first-order valence-corrected chi connectivity index (χ1v) is 22.9. The lowest BCUT2D eigenvalue weighted by molar-refractivity contribution is -0.298. The summed E-state index contributed by atoms with van der Waals surface area (Å²) in [5.41, 5.74) is 3.38. The molecular weight excluding hydrogens is 881 g/mol. The van der Waals surface area contributed by atoms with Crippen LogP contribution >= 0.6 is 0 Å². The average Bonchev–Trinajstić information content (AvgIpc) is 3.88. The average molecular weight is 943 g/mol. The first-order chi connectivity index (χ1) is 32.5. The van der Waals surface area contributed by atoms with Gasteiger partial charge in [-0.25, -0.2) is 4.79 Å². The number of esters is 2. The Hall–Kier alpha value is -5.34. The standard InChI is InChI=1S/C51H62N2O15/c1-50(2,3)67-41(56)21-20-36(28-54)52-46(60)37(23-31-11-6-5-7-12-31)53(4)47(61)35-24-38(45-39(25-35)66-51(68-45)26-33-14-8-9-15-34(33)27-51)64-48(62)32-18-16-30(17-19-32)13-10-22-63-49-44(59)43(58)42(57)40(29-55)65-49/h5-19,25,36-40,42-45,49,54-55,57-59H,20-24,26-29H2,1-4H3,(H,52,60). The molecule has 68 heavy (non-hydrogen) atoms. The number of likely N-dealkylation sites (N-methyl/N-ethyl adjacent to an activating group) is 1. The van der Waals surface area contributed by atoms with E-state index in [2.05, 4.69) is 5.32 Å². The number of fused-ring (bicyclic) bond motifs is 2. The third-order valence-electron chi connectivity index (χ3n) is 12.5. The van der Waals surface area contributed by atoms with Crippen LogP contribution in [0.5, 0.6) is 0 Å². The summed E-state index contributed by atoms with van der Waals surface area (Å²) in [5, 5.41) is 52.8. The van der Waals surface area contributed by atoms with Gasteiger partial charge >= 0.3 is 11.9 Å². The minimum atomic E-state index is -1.56. The number of benzene rings is 3. The summed E-state index contributed by atoms with van der Waals surface area (Å²) in [7, 11) is 1.52. The summed E-state index contributed by atoms with van der Waals surface area (Å²) in [6, 6.07) is 21.8. The second-order valence-electron chi connectivity index (χ2n) is 18.7. The molecule has 2 heterocycles. The molecule has 6 N–H and O–H groups in total. The Kier molecular flexibility index (Phi) is 16.3. The summed E-state index contributed by atoms with van der Waals surface area (Å²) in [5.74, 6) is -3.23. The zero-order valence-corrected chi connectivity index (χ0v) is 38.6. The highest BCUT2D eigenvalue weighted by Crippen LogP contribution is 2.45. The molecule has 17 nitrogen and oxygen atoms in total. The van der Waals surface area contributed by atoms with Crippen molar-refractivity contribution in [1.82, 2.24) is 10.2 Å². The third-order valence-corrected chi connectivity index (χ3v) is 12.5. The normalized spacial score (nSPS) is 26.0. The van der Waals surface area contributed by atoms with Crippen LogP contribution in [-0.2, 0) is 62.1 Å². The lowest BCUT2D eigenvalue weighted by atomic mass is 9.90. The predicted octanol–water partition coefficient (Wildman–Crippen LogP) is 2.32. The SMILES string of the molecule is CN(C(=O)C1=CC2OC3(Cc4ccccc4C3)OC2C(OC(=O)c2ccc(C=CCOC3OC(CO)C(O)C(O)C3O)cc2)C1)C(Cc1ccccc1)C(=O)NC(CO)CCC(=O)OC(C)(C)C. The molecule has 0 aromatic heterocycles. The molecule has 10 atom stereocenters. The van der Waals surface area contributed by atoms with Crippen molar-refractivity contribution in [2.75, 3.05) is 26.9 Å². The highest BCUT2D eigenvalue weighted by molar-refractivity contribution is 5.97. The smallest absolute Gasteiger partial charge is 0.338 e. The van der Waals surface area contributed by atoms with Gasteiger partial charge in [-0.1, -0.05) is 78.9 Å². The maximum Gasteiger partial charge on any atom is 0.338 e. The van der Waals surface area contributed by atoms with Gasteiger partial charge in [0.15, 0.2) is 12.1 Å². The van der Waals surface area contributed by atoms with Crippen LogP contribution in [0.2, 0.25) is 0 Å². The zero-order chi connectivity index (χ0) is 48.8. The molecule has 366 valence electrons. The molecule has 1 spiro atoms. The highest BCUT2D eigenvalue weighted by Gasteiger charge is 2.55. The van der Waals surface area contributed by atoms with E-state index >= 15 is 0 Å². The van der Waals surface area contributed by atoms with Crippen molar-refractivity contribution < 1.29 is 73.1 Å². The number of carbonyl (C=O) groups is 4. The number of rotatable bonds is 17. The molecule has 3 aromatic rings. The number of aliphatic hydroxyl groups is 5. The van der Waals surface area contributed by atoms with Crippen LogP contribution in [0.1, 0.15) is 72.6 Å². The molecule has 17 heteroatoms. The van der Waals surface area contributed by atoms with E-state index in [-0.39, 0.29) is 43.4 Å². The lowest BCUT2D eigenvalue weighted by Crippen LogP contribution is -2.59. The van der Waals surface area contributed by atoms with Crippen LogP contribution in [0.25, 0.3) is 6.08 Å². The molecule has 2 aliphatic heterocycles. The van der Waals surface area contributed by atoms with E-state index < -0.39 is 109 Å². The van der Waals surface area contributed by atoms with Crippen LogP contribution in [0, 0.1) is 0 Å². The van der Waals surface area contributed by atoms with Crippen LogP contribution < -0.4 is 5.32 Å². The fourth-order valence-electron chi connectivity index (χ4n) is 8.93. The van der Waals surface area contributed by atoms with Crippen molar-refractivity contribution in [3.8, 4) is 0 Å². The van der Waals surface area contributed by atoms with Gasteiger partial charge in [-0.15, -0.1) is 0 Å². The molecule has 4 aliphatic rings. The Morgan fingerprint density at radius 1 is 0.897 bits per heavy atom. The van der Waals surface area contributed by atoms with Gasteiger partial charge in [-0.2, -0.15) is 0 Å². The predicted molar refractivity (Wildman–Crippen MR) is 244 cm³/mol. The van der Waals surface area contributed by atoms with Gasteiger partial charge in [0.05, 0.1) is 31.4 Å². The highest BCUT2D eigenvalue weighted by atomic mass is 16.8. The maximum atomic E-state index is 14.7. The molecule has 2 amide bonds. The fourth-order valence-corrected chi connectivity index (χ4v) is 8.93. The van der Waals surface area contributed by atoms with E-state index in [0.29, 0.717) is 18.4 Å². The summed E-state index contributed by atoms with van der Waals surface area (Å²) >= 11 is 0. The van der Waals surface area contributed by atoms with Crippen LogP contribution in [0.15, 0.2) is 96.6 Å². The van der Waals surface area contributed by atoms with Crippen molar-refractivity contribution in [3.63, 3.8) is 0 Å². The van der Waals surface area contributed by atoms with E-state index in [1.54, 1.807) is 63.3 Å². The monoisotopic (exact) mass is 942 g/mol. The molecule has 2 fully saturated rings. The van der Waals surface area contributed by atoms with Gasteiger partial charge in [0.2, 0.25) is 11.8 Å². The Morgan fingerprint density at radius 2 is 1.57 bits per heavy atom. The third kappa shape index (κ3) is 12.3. The molecule has 2 aliphatic carbocycles. The van der Waals surface area contributed by atoms with Crippen molar-refractivity contribution in [2.45, 2.75) is 132 Å². The van der Waals surface area contributed by atoms with Gasteiger partial charge in [0.1, 0.15) is 54.4 Å². The number of carbonyl (C=O) groups excluding carboxylic acids is 4. The second-order valence-corrected chi connectivity index (χ2v) is 18.7. The molecule has 0 bridgehead atoms. The molecule has 0 saturated carbocycles. The van der Waals surface area contributed by atoms with E-state index in [9.17, 15) is 44.7 Å². The van der Waals surface area contributed by atoms with Crippen LogP contribution in [-0.4, -0.2) is 154 Å². The first-order valence-electron chi connectivity index (χ1n) is 22.9. The van der Waals surface area contributed by atoms with Gasteiger partial charge < -0.3 is 64.2 Å². The number of aliphatic hydroxyl groups excluding tert-OH is 5. The Bertz CT molecular complexity index is 2270. The van der Waals surface area contributed by atoms with Crippen LogP contribution in [0.4, 0.5) is 0 Å². The second kappa shape index (κ2) is 22.0. The largest absolute Gasteiger partial charge is 0.460 e. The van der Waals surface area contributed by atoms with Gasteiger partial charge in [0.25, 0.3) is 0 Å². The zero-order valence-electron chi connectivity index (χ0n) is 38.6. The fraction of sp³-hybridized carbons (Fsp3) is 0.490. The molecular formula is C51H62N2O15. The van der Waals surface area contributed by atoms with Gasteiger partial charge in [-0.05, 0) is 67.7 Å². The summed E-state index contributed by atoms with van der Waals surface area (Å²) in [4.78, 5) is 56.6. The van der Waals surface area contributed by atoms with Crippen molar-refractivity contribution in [3.05, 3.63) is 124 Å². The summed E-state index contributed by atoms with van der Waals surface area (Å²) < 4.78 is 35.9. The molecule has 3 aromatic carbocycles. The lowest BCUT2D eigenvalue weighted by Gasteiger charge is -2.39. The van der Waals surface area contributed by atoms with Crippen molar-refractivity contribution in [1.29, 1.82) is 0 Å². The molecule has 2 saturated heterocycles. The summed E-state index contributed by atoms with van der Waals surface area (Å²) in [6.45, 7) is 4.19. The van der Waals surface area contributed by atoms with Crippen molar-refractivity contribution in [2.24, 2.45) is 0 Å². The van der Waals surface area contributed by atoms with Crippen LogP contribution in [0.3, 0.4) is 0 Å². The van der Waals surface area contributed by atoms with Crippen molar-refractivity contribution >= 4 is 29.8 Å². The number of hydrogen-bond acceptors (Lipinski definition) is 15. The first kappa shape index (κ1) is 50.5. The van der Waals surface area contributed by atoms with E-state index in [0.717, 1.165) is 16.7 Å². The minimum absolute atomic E-state index is 0.0428. The van der Waals surface area contributed by atoms with Gasteiger partial charge in [-0.3, -0.25) is 14.4 Å². The number of nitrogens with one attached hydrogen (secondary N) is 1. The topological polar surface area (TPSA) is 240 Å². The van der Waals surface area contributed by atoms with E-state index in [1.165, 1.54) is 11.9 Å². The Labute approximate surface area is 395 Å². The maximum absolute atomic E-state index is 14.7. The molecule has 0 radical (unpaired) electrons. The quantitative estimate of drug-likeness (QED) is 0.107. The number of nitrogens with zero attached hydrogens (tertiary/aromatic N) is 1. The number of amides is 2. The molecule has 10 unspecified atom stereocenters. The number of hydrogen-bond donors (Lipinski definition) is 6. The van der Waals surface area contributed by atoms with E-state index in [4.69, 9.17) is 28.4 Å². The number of ether oxygens (including phenoxy) is 6. The summed E-state index contributed by atoms with van der Waals surface area (Å²) in [6.07, 6.45) is -3.41. The molecule has 7 rings (SSSR count). The minimum Gasteiger partial charge on any atom is -0.460 e. The Balaban J connectivity index is 1.06. The van der Waals surface area contributed by atoms with E-state index in [1.807, 2.05) is 54.6 Å². The Morgan fingerprint density at radius 3 is 2.22 bits per heavy atom.